The lowest BCUT2D eigenvalue weighted by Crippen LogP contribution is -2.32. The maximum Gasteiger partial charge on any atom is 0.211 e. The third-order valence-corrected chi connectivity index (χ3v) is 4.41. The molecule has 1 unspecified atom stereocenters. The van der Waals surface area contributed by atoms with Crippen molar-refractivity contribution in [2.75, 3.05) is 38.5 Å². The van der Waals surface area contributed by atoms with Crippen LogP contribution in [0.1, 0.15) is 19.8 Å². The molecule has 2 N–H and O–H groups in total. The molecule has 1 atom stereocenters. The van der Waals surface area contributed by atoms with Crippen LogP contribution in [0.2, 0.25) is 0 Å². The highest BCUT2D eigenvalue weighted by Gasteiger charge is 2.22. The lowest BCUT2D eigenvalue weighted by molar-refractivity contribution is 0.295. The van der Waals surface area contributed by atoms with Gasteiger partial charge in [0.25, 0.3) is 0 Å². The molecule has 5 nitrogen and oxygen atoms in total. The quantitative estimate of drug-likeness (QED) is 0.647. The SMILES string of the molecule is CCN1CCC(CNS(=O)(=O)CCCO)C1. The lowest BCUT2D eigenvalue weighted by Gasteiger charge is -2.13. The largest absolute Gasteiger partial charge is 0.396 e. The zero-order valence-electron chi connectivity index (χ0n) is 9.85. The molecule has 0 saturated carbocycles. The van der Waals surface area contributed by atoms with Gasteiger partial charge >= 0.3 is 0 Å². The molecule has 0 aliphatic carbocycles. The van der Waals surface area contributed by atoms with E-state index in [0.717, 1.165) is 26.1 Å². The maximum absolute atomic E-state index is 11.5. The van der Waals surface area contributed by atoms with Crippen molar-refractivity contribution in [2.45, 2.75) is 19.8 Å². The summed E-state index contributed by atoms with van der Waals surface area (Å²) in [6, 6.07) is 0. The Morgan fingerprint density at radius 2 is 2.25 bits per heavy atom. The van der Waals surface area contributed by atoms with Crippen LogP contribution < -0.4 is 4.72 Å². The predicted octanol–water partition coefficient (Wildman–Crippen LogP) is -0.370. The first-order valence-corrected chi connectivity index (χ1v) is 7.53. The van der Waals surface area contributed by atoms with E-state index >= 15 is 0 Å². The molecule has 0 aromatic carbocycles. The molecule has 96 valence electrons. The minimum atomic E-state index is -3.18. The van der Waals surface area contributed by atoms with Crippen molar-refractivity contribution in [3.8, 4) is 0 Å². The number of nitrogens with zero attached hydrogens (tertiary/aromatic N) is 1. The normalized spacial score (nSPS) is 22.8. The highest BCUT2D eigenvalue weighted by Crippen LogP contribution is 2.14. The Hall–Kier alpha value is -0.170. The van der Waals surface area contributed by atoms with E-state index in [4.69, 9.17) is 5.11 Å². The average Bonchev–Trinajstić information content (AvgIpc) is 2.72. The van der Waals surface area contributed by atoms with Gasteiger partial charge in [-0.1, -0.05) is 6.92 Å². The molecule has 6 heteroatoms. The van der Waals surface area contributed by atoms with Crippen LogP contribution in [0.15, 0.2) is 0 Å². The minimum Gasteiger partial charge on any atom is -0.396 e. The zero-order chi connectivity index (χ0) is 12.0. The van der Waals surface area contributed by atoms with Gasteiger partial charge in [0.2, 0.25) is 10.0 Å². The molecule has 0 bridgehead atoms. The maximum atomic E-state index is 11.5. The van der Waals surface area contributed by atoms with Crippen molar-refractivity contribution in [1.29, 1.82) is 0 Å². The molecule has 1 fully saturated rings. The Bertz CT molecular complexity index is 292. The first kappa shape index (κ1) is 13.9. The van der Waals surface area contributed by atoms with Crippen molar-refractivity contribution in [3.63, 3.8) is 0 Å². The summed E-state index contributed by atoms with van der Waals surface area (Å²) in [5.74, 6) is 0.456. The summed E-state index contributed by atoms with van der Waals surface area (Å²) >= 11 is 0. The Kier molecular flexibility index (Phi) is 5.68. The third kappa shape index (κ3) is 4.78. The van der Waals surface area contributed by atoms with Gasteiger partial charge in [-0.05, 0) is 31.8 Å². The number of aliphatic hydroxyl groups excluding tert-OH is 1. The van der Waals surface area contributed by atoms with Crippen molar-refractivity contribution < 1.29 is 13.5 Å². The molecule has 1 saturated heterocycles. The van der Waals surface area contributed by atoms with E-state index in [1.165, 1.54) is 0 Å². The molecular formula is C10H22N2O3S. The second-order valence-electron chi connectivity index (χ2n) is 4.29. The van der Waals surface area contributed by atoms with Crippen LogP contribution in [0, 0.1) is 5.92 Å². The summed E-state index contributed by atoms with van der Waals surface area (Å²) in [6.45, 7) is 5.67. The predicted molar refractivity (Wildman–Crippen MR) is 63.7 cm³/mol. The van der Waals surface area contributed by atoms with E-state index in [1.807, 2.05) is 0 Å². The Balaban J connectivity index is 2.24. The number of hydrogen-bond acceptors (Lipinski definition) is 4. The first-order valence-electron chi connectivity index (χ1n) is 5.88. The number of hydrogen-bond donors (Lipinski definition) is 2. The molecule has 0 radical (unpaired) electrons. The summed E-state index contributed by atoms with van der Waals surface area (Å²) in [5, 5.41) is 8.58. The highest BCUT2D eigenvalue weighted by atomic mass is 32.2. The number of nitrogens with one attached hydrogen (secondary N) is 1. The molecule has 1 heterocycles. The average molecular weight is 250 g/mol. The van der Waals surface area contributed by atoms with E-state index in [9.17, 15) is 8.42 Å². The Morgan fingerprint density at radius 3 is 2.81 bits per heavy atom. The fourth-order valence-electron chi connectivity index (χ4n) is 1.94. The number of sulfonamides is 1. The van der Waals surface area contributed by atoms with Crippen molar-refractivity contribution >= 4 is 10.0 Å². The molecule has 0 spiro atoms. The Morgan fingerprint density at radius 1 is 1.50 bits per heavy atom. The van der Waals surface area contributed by atoms with E-state index < -0.39 is 10.0 Å². The number of likely N-dealkylation sites (tertiary alicyclic amines) is 1. The number of aliphatic hydroxyl groups is 1. The smallest absolute Gasteiger partial charge is 0.211 e. The van der Waals surface area contributed by atoms with Crippen LogP contribution in [0.3, 0.4) is 0 Å². The summed E-state index contributed by atoms with van der Waals surface area (Å²) in [4.78, 5) is 2.33. The van der Waals surface area contributed by atoms with Gasteiger partial charge in [0.1, 0.15) is 0 Å². The van der Waals surface area contributed by atoms with Crippen LogP contribution in [0.5, 0.6) is 0 Å². The second-order valence-corrected chi connectivity index (χ2v) is 6.22. The van der Waals surface area contributed by atoms with Gasteiger partial charge in [-0.2, -0.15) is 0 Å². The van der Waals surface area contributed by atoms with E-state index in [1.54, 1.807) is 0 Å². The summed E-state index contributed by atoms with van der Waals surface area (Å²) < 4.78 is 25.5. The number of rotatable bonds is 7. The summed E-state index contributed by atoms with van der Waals surface area (Å²) in [7, 11) is -3.18. The third-order valence-electron chi connectivity index (χ3n) is 2.98. The van der Waals surface area contributed by atoms with Crippen molar-refractivity contribution in [3.05, 3.63) is 0 Å². The highest BCUT2D eigenvalue weighted by molar-refractivity contribution is 7.89. The van der Waals surface area contributed by atoms with E-state index in [0.29, 0.717) is 18.9 Å². The van der Waals surface area contributed by atoms with Gasteiger partial charge in [-0.15, -0.1) is 0 Å². The minimum absolute atomic E-state index is 0.0215. The van der Waals surface area contributed by atoms with Gasteiger partial charge in [-0.3, -0.25) is 0 Å². The molecule has 0 amide bonds. The zero-order valence-corrected chi connectivity index (χ0v) is 10.7. The molecular weight excluding hydrogens is 228 g/mol. The Labute approximate surface area is 97.9 Å². The molecule has 0 aromatic heterocycles. The standard InChI is InChI=1S/C10H22N2O3S/c1-2-12-5-4-10(9-12)8-11-16(14,15)7-3-6-13/h10-11,13H,2-9H2,1H3. The van der Waals surface area contributed by atoms with Crippen molar-refractivity contribution in [2.24, 2.45) is 5.92 Å². The van der Waals surface area contributed by atoms with Crippen LogP contribution in [-0.4, -0.2) is 57.0 Å². The van der Waals surface area contributed by atoms with Gasteiger partial charge < -0.3 is 10.0 Å². The van der Waals surface area contributed by atoms with Crippen LogP contribution in [0.4, 0.5) is 0 Å². The van der Waals surface area contributed by atoms with Gasteiger partial charge in [0.05, 0.1) is 5.75 Å². The van der Waals surface area contributed by atoms with Gasteiger partial charge in [0, 0.05) is 19.7 Å². The monoisotopic (exact) mass is 250 g/mol. The van der Waals surface area contributed by atoms with Crippen LogP contribution >= 0.6 is 0 Å². The molecule has 16 heavy (non-hydrogen) atoms. The fourth-order valence-corrected chi connectivity index (χ4v) is 3.08. The van der Waals surface area contributed by atoms with Gasteiger partial charge in [-0.25, -0.2) is 13.1 Å². The van der Waals surface area contributed by atoms with E-state index in [2.05, 4.69) is 16.5 Å². The van der Waals surface area contributed by atoms with E-state index in [-0.39, 0.29) is 12.4 Å². The molecule has 1 aliphatic heterocycles. The van der Waals surface area contributed by atoms with Crippen LogP contribution in [-0.2, 0) is 10.0 Å². The molecule has 1 aliphatic rings. The molecule has 1 rings (SSSR count). The first-order chi connectivity index (χ1) is 7.57. The topological polar surface area (TPSA) is 69.6 Å². The summed E-state index contributed by atoms with van der Waals surface area (Å²) in [5.41, 5.74) is 0. The summed E-state index contributed by atoms with van der Waals surface area (Å²) in [6.07, 6.45) is 1.37. The second kappa shape index (κ2) is 6.54. The van der Waals surface area contributed by atoms with Gasteiger partial charge in [0.15, 0.2) is 0 Å². The van der Waals surface area contributed by atoms with Crippen molar-refractivity contribution in [1.82, 2.24) is 9.62 Å². The molecule has 0 aromatic rings. The lowest BCUT2D eigenvalue weighted by atomic mass is 10.1. The fraction of sp³-hybridized carbons (Fsp3) is 1.00. The van der Waals surface area contributed by atoms with Crippen LogP contribution in [0.25, 0.3) is 0 Å².